The zero-order valence-electron chi connectivity index (χ0n) is 10.6. The minimum absolute atomic E-state index is 0.0354. The fraction of sp³-hybridized carbons (Fsp3) is 0.286. The highest BCUT2D eigenvalue weighted by atomic mass is 79.9. The van der Waals surface area contributed by atoms with Crippen LogP contribution in [0, 0.1) is 5.82 Å². The summed E-state index contributed by atoms with van der Waals surface area (Å²) in [5, 5.41) is 9.92. The Morgan fingerprint density at radius 1 is 1.20 bits per heavy atom. The molecule has 0 spiro atoms. The summed E-state index contributed by atoms with van der Waals surface area (Å²) in [5.74, 6) is 0.304. The second-order valence-electron chi connectivity index (χ2n) is 4.81. The average molecular weight is 338 g/mol. The van der Waals surface area contributed by atoms with E-state index in [4.69, 9.17) is 0 Å². The Morgan fingerprint density at radius 3 is 2.50 bits per heavy atom. The van der Waals surface area contributed by atoms with E-state index in [-0.39, 0.29) is 11.9 Å². The van der Waals surface area contributed by atoms with Crippen LogP contribution >= 0.6 is 15.9 Å². The number of rotatable bonds is 2. The lowest BCUT2D eigenvalue weighted by atomic mass is 10.0. The lowest BCUT2D eigenvalue weighted by molar-refractivity contribution is 0.194. The third-order valence-electron chi connectivity index (χ3n) is 3.40. The quantitative estimate of drug-likeness (QED) is 0.915. The van der Waals surface area contributed by atoms with Crippen LogP contribution in [0.25, 0.3) is 0 Å². The van der Waals surface area contributed by atoms with Crippen LogP contribution in [-0.4, -0.2) is 27.7 Å². The van der Waals surface area contributed by atoms with Crippen LogP contribution in [0.1, 0.15) is 18.0 Å². The lowest BCUT2D eigenvalue weighted by Crippen LogP contribution is -2.26. The van der Waals surface area contributed by atoms with Gasteiger partial charge in [-0.2, -0.15) is 0 Å². The predicted molar refractivity (Wildman–Crippen MR) is 76.8 cm³/mol. The van der Waals surface area contributed by atoms with Gasteiger partial charge < -0.3 is 10.0 Å². The zero-order chi connectivity index (χ0) is 14.1. The smallest absolute Gasteiger partial charge is 0.225 e. The van der Waals surface area contributed by atoms with Crippen molar-refractivity contribution in [3.05, 3.63) is 52.5 Å². The van der Waals surface area contributed by atoms with Crippen molar-refractivity contribution in [3.8, 4) is 0 Å². The molecule has 0 bridgehead atoms. The number of nitrogens with zero attached hydrogens (tertiary/aromatic N) is 3. The van der Waals surface area contributed by atoms with E-state index in [2.05, 4.69) is 25.9 Å². The first-order valence-electron chi connectivity index (χ1n) is 6.31. The number of aliphatic hydroxyl groups excluding tert-OH is 1. The molecule has 4 nitrogen and oxygen atoms in total. The van der Waals surface area contributed by atoms with Crippen molar-refractivity contribution in [2.24, 2.45) is 0 Å². The van der Waals surface area contributed by atoms with Crippen LogP contribution in [0.15, 0.2) is 41.1 Å². The molecule has 2 aromatic rings. The largest absolute Gasteiger partial charge is 0.391 e. The SMILES string of the molecule is O[C@@H]1C[C@H](c2ccc(F)cc2)N(c2ncc(Br)cn2)C1. The molecule has 2 heterocycles. The molecule has 104 valence electrons. The van der Waals surface area contributed by atoms with Gasteiger partial charge >= 0.3 is 0 Å². The van der Waals surface area contributed by atoms with Crippen LogP contribution in [0.3, 0.4) is 0 Å². The maximum absolute atomic E-state index is 13.0. The van der Waals surface area contributed by atoms with E-state index in [1.54, 1.807) is 24.5 Å². The van der Waals surface area contributed by atoms with Crippen molar-refractivity contribution in [2.45, 2.75) is 18.6 Å². The van der Waals surface area contributed by atoms with Gasteiger partial charge in [0, 0.05) is 18.9 Å². The molecule has 1 aromatic heterocycles. The first kappa shape index (κ1) is 13.5. The van der Waals surface area contributed by atoms with Crippen LogP contribution in [0.2, 0.25) is 0 Å². The fourth-order valence-corrected chi connectivity index (χ4v) is 2.69. The number of β-amino-alcohol motifs (C(OH)–C–C–N with tert-alkyl or cyclic N) is 1. The maximum atomic E-state index is 13.0. The Kier molecular flexibility index (Phi) is 3.67. The second-order valence-corrected chi connectivity index (χ2v) is 5.73. The summed E-state index contributed by atoms with van der Waals surface area (Å²) in [5.41, 5.74) is 0.953. The Bertz CT molecular complexity index is 537. The highest BCUT2D eigenvalue weighted by Crippen LogP contribution is 2.34. The molecule has 2 atom stereocenters. The molecule has 0 saturated carbocycles. The van der Waals surface area contributed by atoms with E-state index in [0.717, 1.165) is 10.0 Å². The summed E-state index contributed by atoms with van der Waals surface area (Å²) in [7, 11) is 0. The van der Waals surface area contributed by atoms with Crippen molar-refractivity contribution in [1.29, 1.82) is 0 Å². The average Bonchev–Trinajstić information content (AvgIpc) is 2.82. The van der Waals surface area contributed by atoms with Crippen LogP contribution in [-0.2, 0) is 0 Å². The molecule has 1 fully saturated rings. The molecule has 0 unspecified atom stereocenters. The van der Waals surface area contributed by atoms with E-state index >= 15 is 0 Å². The number of anilines is 1. The summed E-state index contributed by atoms with van der Waals surface area (Å²) in [4.78, 5) is 10.5. The highest BCUT2D eigenvalue weighted by Gasteiger charge is 2.33. The summed E-state index contributed by atoms with van der Waals surface area (Å²) >= 11 is 3.30. The summed E-state index contributed by atoms with van der Waals surface area (Å²) < 4.78 is 13.8. The van der Waals surface area contributed by atoms with Crippen molar-refractivity contribution >= 4 is 21.9 Å². The van der Waals surface area contributed by atoms with Crippen molar-refractivity contribution in [1.82, 2.24) is 9.97 Å². The monoisotopic (exact) mass is 337 g/mol. The standard InChI is InChI=1S/C14H13BrFN3O/c15-10-6-17-14(18-7-10)19-8-12(20)5-13(19)9-1-3-11(16)4-2-9/h1-4,6-7,12-13,20H,5,8H2/t12-,13-/m1/s1. The molecule has 1 aliphatic rings. The van der Waals surface area contributed by atoms with E-state index in [1.165, 1.54) is 12.1 Å². The molecular weight excluding hydrogens is 325 g/mol. The molecule has 1 aromatic carbocycles. The Balaban J connectivity index is 1.92. The lowest BCUT2D eigenvalue weighted by Gasteiger charge is -2.24. The van der Waals surface area contributed by atoms with Gasteiger partial charge in [-0.05, 0) is 40.0 Å². The van der Waals surface area contributed by atoms with Gasteiger partial charge in [-0.25, -0.2) is 14.4 Å². The fourth-order valence-electron chi connectivity index (χ4n) is 2.49. The van der Waals surface area contributed by atoms with E-state index in [1.807, 2.05) is 4.90 Å². The Hall–Kier alpha value is -1.53. The predicted octanol–water partition coefficient (Wildman–Crippen LogP) is 2.69. The van der Waals surface area contributed by atoms with Crippen LogP contribution in [0.4, 0.5) is 10.3 Å². The minimum atomic E-state index is -0.433. The van der Waals surface area contributed by atoms with Gasteiger partial charge in [0.15, 0.2) is 0 Å². The van der Waals surface area contributed by atoms with E-state index in [0.29, 0.717) is 18.9 Å². The van der Waals surface area contributed by atoms with Gasteiger partial charge in [-0.15, -0.1) is 0 Å². The summed E-state index contributed by atoms with van der Waals surface area (Å²) in [6.45, 7) is 0.476. The van der Waals surface area contributed by atoms with Crippen molar-refractivity contribution in [3.63, 3.8) is 0 Å². The van der Waals surface area contributed by atoms with E-state index in [9.17, 15) is 9.50 Å². The van der Waals surface area contributed by atoms with Crippen molar-refractivity contribution < 1.29 is 9.50 Å². The molecular formula is C14H13BrFN3O. The second kappa shape index (κ2) is 5.46. The molecule has 0 amide bonds. The first-order valence-corrected chi connectivity index (χ1v) is 7.10. The molecule has 1 N–H and O–H groups in total. The number of halogens is 2. The third kappa shape index (κ3) is 2.66. The van der Waals surface area contributed by atoms with Gasteiger partial charge in [-0.1, -0.05) is 12.1 Å². The maximum Gasteiger partial charge on any atom is 0.225 e. The number of hydrogen-bond acceptors (Lipinski definition) is 4. The number of aliphatic hydroxyl groups is 1. The van der Waals surface area contributed by atoms with Crippen molar-refractivity contribution in [2.75, 3.05) is 11.4 Å². The normalized spacial score (nSPS) is 22.2. The van der Waals surface area contributed by atoms with Gasteiger partial charge in [0.2, 0.25) is 5.95 Å². The highest BCUT2D eigenvalue weighted by molar-refractivity contribution is 9.10. The molecule has 1 saturated heterocycles. The van der Waals surface area contributed by atoms with Gasteiger partial charge in [0.25, 0.3) is 0 Å². The minimum Gasteiger partial charge on any atom is -0.391 e. The Morgan fingerprint density at radius 2 is 1.85 bits per heavy atom. The zero-order valence-corrected chi connectivity index (χ0v) is 12.2. The number of benzene rings is 1. The van der Waals surface area contributed by atoms with Gasteiger partial charge in [0.05, 0.1) is 16.6 Å². The summed E-state index contributed by atoms with van der Waals surface area (Å²) in [6.07, 6.45) is 3.51. The molecule has 20 heavy (non-hydrogen) atoms. The Labute approximate surface area is 124 Å². The van der Waals surface area contributed by atoms with Gasteiger partial charge in [-0.3, -0.25) is 0 Å². The molecule has 3 rings (SSSR count). The summed E-state index contributed by atoms with van der Waals surface area (Å²) in [6, 6.07) is 6.31. The third-order valence-corrected chi connectivity index (χ3v) is 3.81. The topological polar surface area (TPSA) is 49.2 Å². The molecule has 0 radical (unpaired) electrons. The molecule has 1 aliphatic heterocycles. The molecule has 0 aliphatic carbocycles. The first-order chi connectivity index (χ1) is 9.63. The van der Waals surface area contributed by atoms with E-state index < -0.39 is 6.10 Å². The number of hydrogen-bond donors (Lipinski definition) is 1. The van der Waals surface area contributed by atoms with Gasteiger partial charge in [0.1, 0.15) is 5.82 Å². The molecule has 6 heteroatoms. The number of aromatic nitrogens is 2. The van der Waals surface area contributed by atoms with Crippen LogP contribution < -0.4 is 4.90 Å². The van der Waals surface area contributed by atoms with Crippen LogP contribution in [0.5, 0.6) is 0 Å².